The van der Waals surface area contributed by atoms with Crippen molar-refractivity contribution in [3.63, 3.8) is 0 Å². The molecule has 1 aromatic carbocycles. The van der Waals surface area contributed by atoms with E-state index in [0.717, 1.165) is 37.3 Å². The third-order valence-corrected chi connectivity index (χ3v) is 5.01. The number of hydrogen-bond acceptors (Lipinski definition) is 5. The van der Waals surface area contributed by atoms with Gasteiger partial charge in [0.1, 0.15) is 0 Å². The highest BCUT2D eigenvalue weighted by molar-refractivity contribution is 6.30. The molecular formula is C20H20ClN5O. The van der Waals surface area contributed by atoms with Crippen molar-refractivity contribution in [2.75, 3.05) is 31.1 Å². The van der Waals surface area contributed by atoms with Crippen molar-refractivity contribution in [1.82, 2.24) is 19.9 Å². The van der Waals surface area contributed by atoms with E-state index in [9.17, 15) is 4.79 Å². The van der Waals surface area contributed by atoms with Crippen LogP contribution in [0.5, 0.6) is 0 Å². The molecule has 0 atom stereocenters. The molecule has 2 aromatic heterocycles. The number of halogens is 1. The molecule has 0 radical (unpaired) electrons. The van der Waals surface area contributed by atoms with Gasteiger partial charge in [0, 0.05) is 56.2 Å². The van der Waals surface area contributed by atoms with Gasteiger partial charge >= 0.3 is 0 Å². The van der Waals surface area contributed by atoms with Gasteiger partial charge < -0.3 is 10.2 Å². The predicted molar refractivity (Wildman–Crippen MR) is 108 cm³/mol. The molecule has 4 rings (SSSR count). The first-order valence-electron chi connectivity index (χ1n) is 8.88. The summed E-state index contributed by atoms with van der Waals surface area (Å²) >= 11 is 6.03. The molecule has 27 heavy (non-hydrogen) atoms. The third-order valence-electron chi connectivity index (χ3n) is 4.75. The fourth-order valence-corrected chi connectivity index (χ4v) is 3.46. The summed E-state index contributed by atoms with van der Waals surface area (Å²) in [6.45, 7) is 3.38. The summed E-state index contributed by atoms with van der Waals surface area (Å²) < 4.78 is 1.64. The summed E-state index contributed by atoms with van der Waals surface area (Å²) in [7, 11) is 1.78. The minimum Gasteiger partial charge on any atom is -0.340 e. The molecule has 1 N–H and O–H groups in total. The molecule has 0 bridgehead atoms. The summed E-state index contributed by atoms with van der Waals surface area (Å²) in [4.78, 5) is 24.5. The Hall–Kier alpha value is -2.70. The largest absolute Gasteiger partial charge is 0.340 e. The lowest BCUT2D eigenvalue weighted by atomic mass is 10.0. The highest BCUT2D eigenvalue weighted by atomic mass is 35.5. The normalized spacial score (nSPS) is 14.4. The molecule has 7 heteroatoms. The average Bonchev–Trinajstić information content (AvgIpc) is 2.72. The summed E-state index contributed by atoms with van der Waals surface area (Å²) in [5.41, 5.74) is 2.82. The zero-order chi connectivity index (χ0) is 18.8. The number of rotatable bonds is 3. The van der Waals surface area contributed by atoms with Crippen LogP contribution >= 0.6 is 11.6 Å². The second-order valence-electron chi connectivity index (χ2n) is 6.48. The molecule has 0 spiro atoms. The van der Waals surface area contributed by atoms with Crippen LogP contribution in [-0.4, -0.2) is 40.7 Å². The molecule has 6 nitrogen and oxygen atoms in total. The molecular weight excluding hydrogens is 362 g/mol. The van der Waals surface area contributed by atoms with Crippen molar-refractivity contribution in [2.24, 2.45) is 7.05 Å². The lowest BCUT2D eigenvalue weighted by molar-refractivity contribution is 0.568. The van der Waals surface area contributed by atoms with Gasteiger partial charge in [-0.15, -0.1) is 0 Å². The SMILES string of the molecule is Cn1c(N2CCNCC2)nc(-c2ccncc2)c(-c2ccc(Cl)cc2)c1=O. The van der Waals surface area contributed by atoms with Crippen molar-refractivity contribution in [3.05, 3.63) is 64.2 Å². The molecule has 0 unspecified atom stereocenters. The van der Waals surface area contributed by atoms with Gasteiger partial charge in [0.25, 0.3) is 5.56 Å². The molecule has 0 saturated carbocycles. The number of nitrogens with zero attached hydrogens (tertiary/aromatic N) is 4. The van der Waals surface area contributed by atoms with Crippen molar-refractivity contribution < 1.29 is 0 Å². The first-order valence-corrected chi connectivity index (χ1v) is 9.26. The Bertz CT molecular complexity index is 995. The standard InChI is InChI=1S/C20H20ClN5O/c1-25-19(27)17(14-2-4-16(21)5-3-14)18(15-6-8-22-9-7-15)24-20(25)26-12-10-23-11-13-26/h2-9,23H,10-13H2,1H3. The average molecular weight is 382 g/mol. The number of nitrogens with one attached hydrogen (secondary N) is 1. The van der Waals surface area contributed by atoms with E-state index in [4.69, 9.17) is 16.6 Å². The van der Waals surface area contributed by atoms with Crippen LogP contribution in [0.2, 0.25) is 5.02 Å². The number of pyridine rings is 1. The number of anilines is 1. The van der Waals surface area contributed by atoms with E-state index < -0.39 is 0 Å². The van der Waals surface area contributed by atoms with E-state index >= 15 is 0 Å². The topological polar surface area (TPSA) is 63.1 Å². The van der Waals surface area contributed by atoms with E-state index in [2.05, 4.69) is 15.2 Å². The fourth-order valence-electron chi connectivity index (χ4n) is 3.33. The monoisotopic (exact) mass is 381 g/mol. The molecule has 138 valence electrons. The Morgan fingerprint density at radius 3 is 2.33 bits per heavy atom. The smallest absolute Gasteiger partial charge is 0.263 e. The van der Waals surface area contributed by atoms with Gasteiger partial charge in [-0.05, 0) is 29.8 Å². The van der Waals surface area contributed by atoms with Crippen LogP contribution in [0.25, 0.3) is 22.4 Å². The number of piperazine rings is 1. The number of hydrogen-bond donors (Lipinski definition) is 1. The Kier molecular flexibility index (Phi) is 4.92. The van der Waals surface area contributed by atoms with Gasteiger partial charge in [-0.25, -0.2) is 4.98 Å². The Labute approximate surface area is 162 Å². The van der Waals surface area contributed by atoms with Crippen molar-refractivity contribution >= 4 is 17.5 Å². The number of aromatic nitrogens is 3. The Morgan fingerprint density at radius 1 is 1.00 bits per heavy atom. The maximum atomic E-state index is 13.3. The second-order valence-corrected chi connectivity index (χ2v) is 6.92. The van der Waals surface area contributed by atoms with Crippen LogP contribution in [0.1, 0.15) is 0 Å². The minimum atomic E-state index is -0.0762. The molecule has 1 aliphatic rings. The highest BCUT2D eigenvalue weighted by Crippen LogP contribution is 2.30. The predicted octanol–water partition coefficient (Wildman–Crippen LogP) is 2.57. The van der Waals surface area contributed by atoms with E-state index in [1.54, 1.807) is 36.1 Å². The molecule has 0 aliphatic carbocycles. The highest BCUT2D eigenvalue weighted by Gasteiger charge is 2.22. The van der Waals surface area contributed by atoms with E-state index in [0.29, 0.717) is 22.2 Å². The van der Waals surface area contributed by atoms with Crippen LogP contribution in [0.3, 0.4) is 0 Å². The zero-order valence-corrected chi connectivity index (χ0v) is 15.8. The van der Waals surface area contributed by atoms with Gasteiger partial charge in [0.15, 0.2) is 0 Å². The van der Waals surface area contributed by atoms with Crippen LogP contribution in [0.4, 0.5) is 5.95 Å². The van der Waals surface area contributed by atoms with Gasteiger partial charge in [-0.3, -0.25) is 14.3 Å². The first kappa shape index (κ1) is 17.7. The van der Waals surface area contributed by atoms with Crippen molar-refractivity contribution in [1.29, 1.82) is 0 Å². The van der Waals surface area contributed by atoms with Gasteiger partial charge in [-0.2, -0.15) is 0 Å². The summed E-state index contributed by atoms with van der Waals surface area (Å²) in [5.74, 6) is 0.686. The van der Waals surface area contributed by atoms with E-state index in [1.165, 1.54) is 0 Å². The molecule has 1 aliphatic heterocycles. The lowest BCUT2D eigenvalue weighted by Crippen LogP contribution is -2.46. The molecule has 1 fully saturated rings. The van der Waals surface area contributed by atoms with Gasteiger partial charge in [0.05, 0.1) is 11.3 Å². The van der Waals surface area contributed by atoms with Crippen LogP contribution < -0.4 is 15.8 Å². The maximum absolute atomic E-state index is 13.3. The number of benzene rings is 1. The summed E-state index contributed by atoms with van der Waals surface area (Å²) in [6, 6.07) is 11.0. The van der Waals surface area contributed by atoms with Crippen LogP contribution in [0.15, 0.2) is 53.6 Å². The lowest BCUT2D eigenvalue weighted by Gasteiger charge is -2.30. The van der Waals surface area contributed by atoms with Crippen molar-refractivity contribution in [3.8, 4) is 22.4 Å². The van der Waals surface area contributed by atoms with Crippen molar-refractivity contribution in [2.45, 2.75) is 0 Å². The molecule has 1 saturated heterocycles. The van der Waals surface area contributed by atoms with E-state index in [-0.39, 0.29) is 5.56 Å². The Balaban J connectivity index is 1.95. The molecule has 3 aromatic rings. The third kappa shape index (κ3) is 3.46. The zero-order valence-electron chi connectivity index (χ0n) is 15.0. The second kappa shape index (κ2) is 7.50. The molecule has 0 amide bonds. The first-order chi connectivity index (χ1) is 13.1. The fraction of sp³-hybridized carbons (Fsp3) is 0.250. The quantitative estimate of drug-likeness (QED) is 0.755. The Morgan fingerprint density at radius 2 is 1.67 bits per heavy atom. The van der Waals surface area contributed by atoms with Crippen LogP contribution in [0, 0.1) is 0 Å². The van der Waals surface area contributed by atoms with E-state index in [1.807, 2.05) is 24.3 Å². The molecule has 3 heterocycles. The maximum Gasteiger partial charge on any atom is 0.263 e. The van der Waals surface area contributed by atoms with Crippen LogP contribution in [-0.2, 0) is 7.05 Å². The summed E-state index contributed by atoms with van der Waals surface area (Å²) in [6.07, 6.45) is 3.43. The minimum absolute atomic E-state index is 0.0762. The van der Waals surface area contributed by atoms with Gasteiger partial charge in [0.2, 0.25) is 5.95 Å². The summed E-state index contributed by atoms with van der Waals surface area (Å²) in [5, 5.41) is 3.96. The van der Waals surface area contributed by atoms with Gasteiger partial charge in [-0.1, -0.05) is 23.7 Å².